The molecule has 1 unspecified atom stereocenters. The second-order valence-electron chi connectivity index (χ2n) is 13.5. The predicted molar refractivity (Wildman–Crippen MR) is 183 cm³/mol. The molecular weight excluding hydrogens is 717 g/mol. The highest BCUT2D eigenvalue weighted by atomic mass is 35.5. The molecule has 1 N–H and O–H groups in total. The Bertz CT molecular complexity index is 2030. The third-order valence-corrected chi connectivity index (χ3v) is 12.0. The number of aromatic nitrogens is 3. The Morgan fingerprint density at radius 1 is 1.06 bits per heavy atom. The lowest BCUT2D eigenvalue weighted by atomic mass is 10.0. The Morgan fingerprint density at radius 3 is 2.46 bits per heavy atom. The number of nitrogens with zero attached hydrogens (tertiary/aromatic N) is 4. The highest BCUT2D eigenvalue weighted by Gasteiger charge is 2.49. The fraction of sp³-hybridized carbons (Fsp3) is 0.424. The van der Waals surface area contributed by atoms with Crippen molar-refractivity contribution < 1.29 is 46.2 Å². The van der Waals surface area contributed by atoms with Gasteiger partial charge in [-0.3, -0.25) is 9.36 Å². The summed E-state index contributed by atoms with van der Waals surface area (Å²) in [5.41, 5.74) is 3.30. The summed E-state index contributed by atoms with van der Waals surface area (Å²) in [6.45, 7) is 7.84. The van der Waals surface area contributed by atoms with Crippen LogP contribution in [-0.4, -0.2) is 94.5 Å². The molecule has 0 aliphatic carbocycles. The average Bonchev–Trinajstić information content (AvgIpc) is 3.72. The molecule has 2 aromatic carbocycles. The minimum atomic E-state index is -5.22. The lowest BCUT2D eigenvalue weighted by Crippen LogP contribution is -2.35. The van der Waals surface area contributed by atoms with E-state index < -0.39 is 54.3 Å². The molecule has 2 aliphatic heterocycles. The number of alkyl halides is 3. The Balaban J connectivity index is 1.30. The second kappa shape index (κ2) is 14.0. The lowest BCUT2D eigenvalue weighted by molar-refractivity contribution is -0.169. The number of aliphatic hydroxyl groups is 1. The van der Waals surface area contributed by atoms with Crippen LogP contribution in [0.1, 0.15) is 0 Å². The molecule has 0 radical (unpaired) electrons. The van der Waals surface area contributed by atoms with Crippen LogP contribution >= 0.6 is 11.6 Å². The lowest BCUT2D eigenvalue weighted by Gasteiger charge is -2.19. The van der Waals surface area contributed by atoms with Crippen LogP contribution in [0.25, 0.3) is 33.5 Å². The Morgan fingerprint density at radius 2 is 1.76 bits per heavy atom. The fourth-order valence-electron chi connectivity index (χ4n) is 5.62. The van der Waals surface area contributed by atoms with E-state index in [1.54, 1.807) is 41.0 Å². The first-order valence-electron chi connectivity index (χ1n) is 15.8. The monoisotopic (exact) mass is 752 g/mol. The number of ether oxygens (including phenoxy) is 4. The van der Waals surface area contributed by atoms with Crippen molar-refractivity contribution in [1.82, 2.24) is 14.5 Å². The number of hydrogen-bond donors (Lipinski definition) is 1. The van der Waals surface area contributed by atoms with Gasteiger partial charge < -0.3 is 24.1 Å². The quantitative estimate of drug-likeness (QED) is 0.149. The number of halogens is 4. The molecular formula is C33H36ClF3N4O7SSi. The number of imidazole rings is 1. The molecule has 0 saturated carbocycles. The van der Waals surface area contributed by atoms with E-state index in [0.717, 1.165) is 12.3 Å². The average molecular weight is 753 g/mol. The number of rotatable bonds is 10. The summed E-state index contributed by atoms with van der Waals surface area (Å²) in [6.07, 6.45) is -6.38. The van der Waals surface area contributed by atoms with Crippen molar-refractivity contribution in [2.75, 3.05) is 26.1 Å². The van der Waals surface area contributed by atoms with Crippen LogP contribution < -0.4 is 4.74 Å². The number of carbonyl (C=O) groups excluding carboxylic acids is 1. The van der Waals surface area contributed by atoms with Crippen molar-refractivity contribution in [2.24, 2.45) is 4.36 Å². The summed E-state index contributed by atoms with van der Waals surface area (Å²) in [4.78, 5) is 21.0. The predicted octanol–water partition coefficient (Wildman–Crippen LogP) is 6.18. The molecule has 11 nitrogen and oxygen atoms in total. The maximum atomic E-state index is 13.0. The standard InChI is InChI=1S/C33H36ClF3N4O7SSi/c1-49(44,40-31(43)33(35,36)37)22-7-5-6-21(14-22)19-8-10-20(11-9-19)27-23(34)15-24-30(39-27)41(18-45-12-13-50(2,3)4)32(38-24)48-26-17-47-28-25(42)16-46-29(26)28/h5-11,14-15,25-26,28-29,42H,12-13,16-18H2,1-4H3/t25-,26-,28-,29-,49?/m1/s1. The molecule has 268 valence electrons. The molecule has 0 bridgehead atoms. The summed E-state index contributed by atoms with van der Waals surface area (Å²) in [5.74, 6) is -2.40. The molecule has 4 heterocycles. The molecule has 4 aromatic rings. The van der Waals surface area contributed by atoms with Crippen molar-refractivity contribution in [3.8, 4) is 28.4 Å². The summed E-state index contributed by atoms with van der Waals surface area (Å²) in [5, 5.41) is 10.5. The number of amides is 1. The number of benzene rings is 2. The highest BCUT2D eigenvalue weighted by molar-refractivity contribution is 7.93. The van der Waals surface area contributed by atoms with Crippen LogP contribution in [0.5, 0.6) is 6.01 Å². The molecule has 2 aromatic heterocycles. The smallest absolute Gasteiger partial charge is 0.456 e. The van der Waals surface area contributed by atoms with E-state index >= 15 is 0 Å². The van der Waals surface area contributed by atoms with Crippen molar-refractivity contribution in [3.63, 3.8) is 0 Å². The SMILES string of the molecule is C[Si](C)(C)CCOCn1c(O[C@@H]2CO[C@H]3[C@@H]2OC[C@H]3O)nc2cc(Cl)c(-c3ccc(-c4cccc(S(C)(=O)=NC(=O)C(F)(F)F)c4)cc3)nc21. The van der Waals surface area contributed by atoms with Gasteiger partial charge >= 0.3 is 18.1 Å². The van der Waals surface area contributed by atoms with Gasteiger partial charge in [-0.05, 0) is 35.4 Å². The van der Waals surface area contributed by atoms with E-state index in [1.165, 1.54) is 18.2 Å². The largest absolute Gasteiger partial charge is 0.474 e. The van der Waals surface area contributed by atoms with Gasteiger partial charge in [0.2, 0.25) is 0 Å². The van der Waals surface area contributed by atoms with E-state index in [1.807, 2.05) is 0 Å². The molecule has 17 heteroatoms. The van der Waals surface area contributed by atoms with Crippen molar-refractivity contribution in [2.45, 2.75) is 67.9 Å². The van der Waals surface area contributed by atoms with Crippen LogP contribution in [0.4, 0.5) is 13.2 Å². The Hall–Kier alpha value is -3.38. The van der Waals surface area contributed by atoms with Gasteiger partial charge in [0.15, 0.2) is 11.8 Å². The van der Waals surface area contributed by atoms with Crippen LogP contribution in [0.3, 0.4) is 0 Å². The first-order valence-corrected chi connectivity index (χ1v) is 21.8. The maximum Gasteiger partial charge on any atom is 0.474 e. The summed E-state index contributed by atoms with van der Waals surface area (Å²) in [6, 6.07) is 16.0. The zero-order valence-electron chi connectivity index (χ0n) is 27.6. The minimum Gasteiger partial charge on any atom is -0.456 e. The van der Waals surface area contributed by atoms with E-state index in [2.05, 4.69) is 29.0 Å². The van der Waals surface area contributed by atoms with Crippen molar-refractivity contribution in [3.05, 3.63) is 59.6 Å². The molecule has 2 fully saturated rings. The topological polar surface area (TPSA) is 134 Å². The fourth-order valence-corrected chi connectivity index (χ4v) is 7.84. The van der Waals surface area contributed by atoms with E-state index in [4.69, 9.17) is 35.5 Å². The van der Waals surface area contributed by atoms with Crippen LogP contribution in [0.2, 0.25) is 30.7 Å². The summed E-state index contributed by atoms with van der Waals surface area (Å²) < 4.78 is 79.9. The number of pyridine rings is 1. The minimum absolute atomic E-state index is 0.0134. The first kappa shape index (κ1) is 36.4. The van der Waals surface area contributed by atoms with Gasteiger partial charge in [-0.25, -0.2) is 9.19 Å². The van der Waals surface area contributed by atoms with E-state index in [9.17, 15) is 27.3 Å². The first-order chi connectivity index (χ1) is 23.5. The van der Waals surface area contributed by atoms with Crippen molar-refractivity contribution >= 4 is 46.5 Å². The molecule has 0 spiro atoms. The summed E-state index contributed by atoms with van der Waals surface area (Å²) in [7, 11) is -5.02. The number of aliphatic hydroxyl groups excluding tert-OH is 1. The second-order valence-corrected chi connectivity index (χ2v) is 21.7. The van der Waals surface area contributed by atoms with Gasteiger partial charge in [-0.1, -0.05) is 67.6 Å². The molecule has 2 saturated heterocycles. The zero-order chi connectivity index (χ0) is 36.0. The third-order valence-electron chi connectivity index (χ3n) is 8.36. The normalized spacial score (nSPS) is 22.0. The molecule has 5 atom stereocenters. The Kier molecular flexibility index (Phi) is 10.2. The number of hydrogen-bond acceptors (Lipinski definition) is 9. The van der Waals surface area contributed by atoms with Crippen LogP contribution in [-0.2, 0) is 35.5 Å². The van der Waals surface area contributed by atoms with Crippen LogP contribution in [0, 0.1) is 0 Å². The third kappa shape index (κ3) is 7.91. The van der Waals surface area contributed by atoms with Gasteiger partial charge in [0.25, 0.3) is 0 Å². The van der Waals surface area contributed by atoms with E-state index in [0.29, 0.717) is 45.2 Å². The van der Waals surface area contributed by atoms with Gasteiger partial charge in [0, 0.05) is 31.4 Å². The number of fused-ring (bicyclic) bond motifs is 2. The molecule has 1 amide bonds. The van der Waals surface area contributed by atoms with E-state index in [-0.39, 0.29) is 30.9 Å². The van der Waals surface area contributed by atoms with Crippen molar-refractivity contribution in [1.29, 1.82) is 0 Å². The molecule has 2 aliphatic rings. The van der Waals surface area contributed by atoms with Gasteiger partial charge in [-0.2, -0.15) is 18.2 Å². The molecule has 50 heavy (non-hydrogen) atoms. The zero-order valence-corrected chi connectivity index (χ0v) is 30.2. The summed E-state index contributed by atoms with van der Waals surface area (Å²) >= 11 is 6.74. The van der Waals surface area contributed by atoms with Crippen LogP contribution in [0.15, 0.2) is 63.9 Å². The highest BCUT2D eigenvalue weighted by Crippen LogP contribution is 2.35. The number of carbonyl (C=O) groups is 1. The maximum absolute atomic E-state index is 13.0. The van der Waals surface area contributed by atoms with Gasteiger partial charge in [-0.15, -0.1) is 4.36 Å². The van der Waals surface area contributed by atoms with Gasteiger partial charge in [0.05, 0.1) is 33.7 Å². The van der Waals surface area contributed by atoms with Gasteiger partial charge in [0.1, 0.15) is 30.6 Å². The Labute approximate surface area is 292 Å². The molecule has 6 rings (SSSR count).